The van der Waals surface area contributed by atoms with Gasteiger partial charge in [-0.1, -0.05) is 19.1 Å². The molecule has 128 valence electrons. The summed E-state index contributed by atoms with van der Waals surface area (Å²) in [5, 5.41) is 7.95. The topological polar surface area (TPSA) is 89.3 Å². The summed E-state index contributed by atoms with van der Waals surface area (Å²) < 4.78 is 22.4. The Hall–Kier alpha value is -1.70. The van der Waals surface area contributed by atoms with Gasteiger partial charge in [-0.25, -0.2) is 13.6 Å². The van der Waals surface area contributed by atoms with Crippen molar-refractivity contribution in [3.05, 3.63) is 51.2 Å². The number of aryl methyl sites for hydroxylation is 1. The SMILES string of the molecule is C[C@@H]1CCc2sc(C(=O)NCc3ccc(S(N)(=O)=O)cc3)cc2C1. The zero-order valence-electron chi connectivity index (χ0n) is 13.4. The van der Waals surface area contributed by atoms with Crippen LogP contribution >= 0.6 is 11.3 Å². The van der Waals surface area contributed by atoms with Crippen LogP contribution < -0.4 is 10.5 Å². The number of carbonyl (C=O) groups is 1. The zero-order chi connectivity index (χ0) is 17.3. The first-order valence-electron chi connectivity index (χ1n) is 7.84. The maximum Gasteiger partial charge on any atom is 0.261 e. The highest BCUT2D eigenvalue weighted by Gasteiger charge is 2.20. The molecule has 0 spiro atoms. The van der Waals surface area contributed by atoms with Crippen molar-refractivity contribution in [2.75, 3.05) is 0 Å². The van der Waals surface area contributed by atoms with Crippen molar-refractivity contribution in [3.8, 4) is 0 Å². The lowest BCUT2D eigenvalue weighted by atomic mass is 9.90. The molecular weight excluding hydrogens is 344 g/mol. The monoisotopic (exact) mass is 364 g/mol. The van der Waals surface area contributed by atoms with E-state index in [1.807, 2.05) is 6.07 Å². The molecule has 24 heavy (non-hydrogen) atoms. The van der Waals surface area contributed by atoms with Crippen molar-refractivity contribution < 1.29 is 13.2 Å². The van der Waals surface area contributed by atoms with E-state index in [9.17, 15) is 13.2 Å². The van der Waals surface area contributed by atoms with Crippen LogP contribution in [0.15, 0.2) is 35.2 Å². The van der Waals surface area contributed by atoms with E-state index in [0.29, 0.717) is 12.5 Å². The second kappa shape index (κ2) is 6.66. The summed E-state index contributed by atoms with van der Waals surface area (Å²) in [6, 6.07) is 8.21. The van der Waals surface area contributed by atoms with Gasteiger partial charge in [0.15, 0.2) is 0 Å². The molecule has 3 rings (SSSR count). The van der Waals surface area contributed by atoms with Gasteiger partial charge in [0.05, 0.1) is 9.77 Å². The predicted molar refractivity (Wildman–Crippen MR) is 94.5 cm³/mol. The van der Waals surface area contributed by atoms with E-state index in [1.165, 1.54) is 29.0 Å². The van der Waals surface area contributed by atoms with Crippen LogP contribution in [0.25, 0.3) is 0 Å². The van der Waals surface area contributed by atoms with E-state index in [1.54, 1.807) is 23.5 Å². The first kappa shape index (κ1) is 17.1. The fraction of sp³-hybridized carbons (Fsp3) is 0.353. The van der Waals surface area contributed by atoms with Gasteiger partial charge in [0.2, 0.25) is 10.0 Å². The van der Waals surface area contributed by atoms with Crippen LogP contribution in [-0.4, -0.2) is 14.3 Å². The number of primary sulfonamides is 1. The van der Waals surface area contributed by atoms with Gasteiger partial charge >= 0.3 is 0 Å². The van der Waals surface area contributed by atoms with E-state index < -0.39 is 10.0 Å². The summed E-state index contributed by atoms with van der Waals surface area (Å²) in [4.78, 5) is 14.5. The second-order valence-corrected chi connectivity index (χ2v) is 8.98. The number of hydrogen-bond acceptors (Lipinski definition) is 4. The largest absolute Gasteiger partial charge is 0.347 e. The lowest BCUT2D eigenvalue weighted by Crippen LogP contribution is -2.21. The van der Waals surface area contributed by atoms with Gasteiger partial charge < -0.3 is 5.32 Å². The van der Waals surface area contributed by atoms with Gasteiger partial charge in [0, 0.05) is 11.4 Å². The molecule has 0 unspecified atom stereocenters. The van der Waals surface area contributed by atoms with Crippen LogP contribution in [0.4, 0.5) is 0 Å². The molecule has 1 aliphatic carbocycles. The molecule has 0 aliphatic heterocycles. The molecule has 0 radical (unpaired) electrons. The Morgan fingerprint density at radius 3 is 2.71 bits per heavy atom. The molecule has 0 fully saturated rings. The molecule has 5 nitrogen and oxygen atoms in total. The number of thiophene rings is 1. The third-order valence-electron chi connectivity index (χ3n) is 4.26. The summed E-state index contributed by atoms with van der Waals surface area (Å²) in [6.45, 7) is 2.59. The lowest BCUT2D eigenvalue weighted by Gasteiger charge is -2.16. The maximum absolute atomic E-state index is 12.3. The van der Waals surface area contributed by atoms with E-state index in [-0.39, 0.29) is 10.8 Å². The number of rotatable bonds is 4. The summed E-state index contributed by atoms with van der Waals surface area (Å²) in [6.07, 6.45) is 3.29. The maximum atomic E-state index is 12.3. The predicted octanol–water partition coefficient (Wildman–Crippen LogP) is 2.45. The van der Waals surface area contributed by atoms with Crippen molar-refractivity contribution in [2.45, 2.75) is 37.6 Å². The number of nitrogens with two attached hydrogens (primary N) is 1. The summed E-state index contributed by atoms with van der Waals surface area (Å²) >= 11 is 1.58. The molecule has 7 heteroatoms. The van der Waals surface area contributed by atoms with Crippen LogP contribution in [0, 0.1) is 5.92 Å². The van der Waals surface area contributed by atoms with Crippen molar-refractivity contribution in [3.63, 3.8) is 0 Å². The number of carbonyl (C=O) groups excluding carboxylic acids is 1. The van der Waals surface area contributed by atoms with Crippen molar-refractivity contribution >= 4 is 27.3 Å². The highest BCUT2D eigenvalue weighted by Crippen LogP contribution is 2.32. The quantitative estimate of drug-likeness (QED) is 0.873. The van der Waals surface area contributed by atoms with Gasteiger partial charge in [-0.15, -0.1) is 11.3 Å². The minimum Gasteiger partial charge on any atom is -0.347 e. The highest BCUT2D eigenvalue weighted by molar-refractivity contribution is 7.89. The Morgan fingerprint density at radius 2 is 2.04 bits per heavy atom. The van der Waals surface area contributed by atoms with Crippen LogP contribution in [0.3, 0.4) is 0 Å². The summed E-state index contributed by atoms with van der Waals surface area (Å²) in [5.41, 5.74) is 2.13. The van der Waals surface area contributed by atoms with E-state index in [2.05, 4.69) is 12.2 Å². The fourth-order valence-electron chi connectivity index (χ4n) is 2.88. The number of fused-ring (bicyclic) bond motifs is 1. The third-order valence-corrected chi connectivity index (χ3v) is 6.42. The van der Waals surface area contributed by atoms with Crippen LogP contribution in [0.1, 0.15) is 39.0 Å². The smallest absolute Gasteiger partial charge is 0.261 e. The fourth-order valence-corrected chi connectivity index (χ4v) is 4.52. The number of hydrogen-bond donors (Lipinski definition) is 2. The third kappa shape index (κ3) is 3.85. The molecule has 1 amide bonds. The first-order chi connectivity index (χ1) is 11.3. The Balaban J connectivity index is 1.64. The zero-order valence-corrected chi connectivity index (χ0v) is 15.0. The molecule has 1 aromatic carbocycles. The molecule has 3 N–H and O–H groups in total. The number of amides is 1. The first-order valence-corrected chi connectivity index (χ1v) is 10.2. The molecule has 0 saturated heterocycles. The van der Waals surface area contributed by atoms with Gasteiger partial charge in [0.25, 0.3) is 5.91 Å². The van der Waals surface area contributed by atoms with Crippen molar-refractivity contribution in [1.82, 2.24) is 5.32 Å². The Morgan fingerprint density at radius 1 is 1.33 bits per heavy atom. The van der Waals surface area contributed by atoms with Gasteiger partial charge in [0.1, 0.15) is 0 Å². The highest BCUT2D eigenvalue weighted by atomic mass is 32.2. The molecule has 1 aliphatic rings. The minimum absolute atomic E-state index is 0.0672. The van der Waals surface area contributed by atoms with Crippen LogP contribution in [0.5, 0.6) is 0 Å². The van der Waals surface area contributed by atoms with Crippen molar-refractivity contribution in [2.24, 2.45) is 11.1 Å². The summed E-state index contributed by atoms with van der Waals surface area (Å²) in [7, 11) is -3.69. The molecule has 0 bridgehead atoms. The summed E-state index contributed by atoms with van der Waals surface area (Å²) in [5.74, 6) is 0.595. The molecule has 1 aromatic heterocycles. The molecule has 2 aromatic rings. The molecule has 1 atom stereocenters. The molecule has 1 heterocycles. The Bertz CT molecular complexity index is 854. The second-order valence-electron chi connectivity index (χ2n) is 6.28. The Kier molecular flexibility index (Phi) is 4.76. The van der Waals surface area contributed by atoms with Gasteiger partial charge in [-0.2, -0.15) is 0 Å². The Labute approximate surface area is 145 Å². The van der Waals surface area contributed by atoms with Gasteiger partial charge in [-0.3, -0.25) is 4.79 Å². The number of nitrogens with one attached hydrogen (secondary N) is 1. The molecule has 0 saturated carbocycles. The van der Waals surface area contributed by atoms with Crippen LogP contribution in [0.2, 0.25) is 0 Å². The van der Waals surface area contributed by atoms with E-state index in [4.69, 9.17) is 5.14 Å². The average molecular weight is 364 g/mol. The van der Waals surface area contributed by atoms with Crippen molar-refractivity contribution in [1.29, 1.82) is 0 Å². The van der Waals surface area contributed by atoms with Gasteiger partial charge in [-0.05, 0) is 54.5 Å². The number of sulfonamides is 1. The normalized spacial score (nSPS) is 17.3. The van der Waals surface area contributed by atoms with E-state index >= 15 is 0 Å². The van der Waals surface area contributed by atoms with E-state index in [0.717, 1.165) is 23.3 Å². The number of benzene rings is 1. The van der Waals surface area contributed by atoms with Crippen LogP contribution in [-0.2, 0) is 29.4 Å². The minimum atomic E-state index is -3.69. The standard InChI is InChI=1S/C17H20N2O3S2/c1-11-2-7-15-13(8-11)9-16(23-15)17(20)19-10-12-3-5-14(6-4-12)24(18,21)22/h3-6,9,11H,2,7-8,10H2,1H3,(H,19,20)(H2,18,21,22)/t11-/m1/s1. The average Bonchev–Trinajstić information content (AvgIpc) is 2.95. The lowest BCUT2D eigenvalue weighted by molar-refractivity contribution is 0.0955. The molecular formula is C17H20N2O3S2.